The molecule has 3 nitrogen and oxygen atoms in total. The first-order chi connectivity index (χ1) is 7.81. The third-order valence-corrected chi connectivity index (χ3v) is 2.09. The van der Waals surface area contributed by atoms with Crippen LogP contribution in [0.1, 0.15) is 28.9 Å². The summed E-state index contributed by atoms with van der Waals surface area (Å²) in [7, 11) is 0. The highest BCUT2D eigenvalue weighted by molar-refractivity contribution is 5.33. The molecule has 0 radical (unpaired) electrons. The second-order valence-corrected chi connectivity index (χ2v) is 3.19. The molecule has 0 aliphatic rings. The van der Waals surface area contributed by atoms with Crippen molar-refractivity contribution in [1.82, 2.24) is 4.98 Å². The summed E-state index contributed by atoms with van der Waals surface area (Å²) >= 11 is 0. The van der Waals surface area contributed by atoms with Gasteiger partial charge in [0.2, 0.25) is 0 Å². The number of rotatable bonds is 3. The van der Waals surface area contributed by atoms with Gasteiger partial charge in [0.15, 0.2) is 0 Å². The van der Waals surface area contributed by atoms with E-state index < -0.39 is 48.3 Å². The van der Waals surface area contributed by atoms with Crippen molar-refractivity contribution in [3.63, 3.8) is 0 Å². The van der Waals surface area contributed by atoms with E-state index in [0.717, 1.165) is 0 Å². The Hall–Kier alpha value is -1.28. The molecule has 0 unspecified atom stereocenters. The Bertz CT molecular complexity index is 405. The molecule has 1 heterocycles. The van der Waals surface area contributed by atoms with Gasteiger partial charge in [-0.05, 0) is 6.07 Å². The molecule has 3 N–H and O–H groups in total. The van der Waals surface area contributed by atoms with Gasteiger partial charge in [0.05, 0.1) is 17.9 Å². The normalized spacial score (nSPS) is 12.2. The topological polar surface area (TPSA) is 59.1 Å². The van der Waals surface area contributed by atoms with Gasteiger partial charge in [-0.3, -0.25) is 0 Å². The quantitative estimate of drug-likeness (QED) is 0.813. The van der Waals surface area contributed by atoms with Gasteiger partial charge in [0, 0.05) is 12.1 Å². The van der Waals surface area contributed by atoms with Crippen molar-refractivity contribution < 1.29 is 27.1 Å². The number of hydrogen-bond donors (Lipinski definition) is 2. The van der Waals surface area contributed by atoms with E-state index in [4.69, 9.17) is 10.8 Å². The summed E-state index contributed by atoms with van der Waals surface area (Å²) in [6.45, 7) is -1.55. The Morgan fingerprint density at radius 1 is 1.35 bits per heavy atom. The van der Waals surface area contributed by atoms with Crippen LogP contribution in [-0.4, -0.2) is 10.1 Å². The number of aliphatic hydroxyl groups is 1. The van der Waals surface area contributed by atoms with Crippen LogP contribution in [0.2, 0.25) is 0 Å². The van der Waals surface area contributed by atoms with E-state index in [0.29, 0.717) is 6.07 Å². The summed E-state index contributed by atoms with van der Waals surface area (Å²) < 4.78 is 62.5. The first kappa shape index (κ1) is 13.8. The lowest BCUT2D eigenvalue weighted by molar-refractivity contribution is -0.138. The van der Waals surface area contributed by atoms with Crippen LogP contribution in [0.4, 0.5) is 22.0 Å². The fourth-order valence-corrected chi connectivity index (χ4v) is 1.33. The molecule has 1 rings (SSSR count). The van der Waals surface area contributed by atoms with E-state index in [9.17, 15) is 22.0 Å². The van der Waals surface area contributed by atoms with Crippen molar-refractivity contribution in [2.24, 2.45) is 5.73 Å². The molecule has 0 aliphatic heterocycles. The third-order valence-electron chi connectivity index (χ3n) is 2.09. The molecule has 0 aromatic carbocycles. The second kappa shape index (κ2) is 4.92. The predicted octanol–water partition coefficient (Wildman–Crippen LogP) is 1.99. The average Bonchev–Trinajstić information content (AvgIpc) is 2.25. The molecule has 8 heteroatoms. The summed E-state index contributed by atoms with van der Waals surface area (Å²) in [5.41, 5.74) is 1.75. The van der Waals surface area contributed by atoms with E-state index in [1.165, 1.54) is 0 Å². The number of aliphatic hydroxyl groups excluding tert-OH is 1. The van der Waals surface area contributed by atoms with Gasteiger partial charge >= 0.3 is 6.18 Å². The predicted molar refractivity (Wildman–Crippen MR) is 48.0 cm³/mol. The van der Waals surface area contributed by atoms with Crippen LogP contribution >= 0.6 is 0 Å². The van der Waals surface area contributed by atoms with Gasteiger partial charge in [-0.15, -0.1) is 0 Å². The van der Waals surface area contributed by atoms with Crippen LogP contribution in [-0.2, 0) is 19.3 Å². The maximum Gasteiger partial charge on any atom is 0.418 e. The van der Waals surface area contributed by atoms with Crippen molar-refractivity contribution in [3.05, 3.63) is 28.6 Å². The van der Waals surface area contributed by atoms with Gasteiger partial charge in [-0.2, -0.15) is 13.2 Å². The third kappa shape index (κ3) is 2.89. The minimum Gasteiger partial charge on any atom is -0.392 e. The summed E-state index contributed by atoms with van der Waals surface area (Å²) in [5, 5.41) is 8.75. The Balaban J connectivity index is 3.44. The largest absolute Gasteiger partial charge is 0.418 e. The van der Waals surface area contributed by atoms with E-state index in [1.54, 1.807) is 0 Å². The highest BCUT2D eigenvalue weighted by Gasteiger charge is 2.35. The SMILES string of the molecule is NCc1nc(C(F)F)c(CO)cc1C(F)(F)F. The molecule has 0 amide bonds. The molecule has 0 spiro atoms. The number of pyridine rings is 1. The maximum absolute atomic E-state index is 12.5. The molecule has 0 saturated heterocycles. The molecule has 0 saturated carbocycles. The first-order valence-corrected chi connectivity index (χ1v) is 4.50. The molecule has 0 atom stereocenters. The lowest BCUT2D eigenvalue weighted by Crippen LogP contribution is -2.16. The zero-order valence-corrected chi connectivity index (χ0v) is 8.43. The standard InChI is InChI=1S/C9H9F5N2O/c10-8(11)7-4(3-17)1-5(9(12,13)14)6(2-15)16-7/h1,8,17H,2-3,15H2. The van der Waals surface area contributed by atoms with Gasteiger partial charge in [-0.1, -0.05) is 0 Å². The van der Waals surface area contributed by atoms with E-state index in [-0.39, 0.29) is 0 Å². The Kier molecular flexibility index (Phi) is 3.99. The average molecular weight is 256 g/mol. The highest BCUT2D eigenvalue weighted by Crippen LogP contribution is 2.34. The Morgan fingerprint density at radius 2 is 1.94 bits per heavy atom. The van der Waals surface area contributed by atoms with Gasteiger partial charge in [0.25, 0.3) is 6.43 Å². The van der Waals surface area contributed by atoms with Crippen molar-refractivity contribution in [3.8, 4) is 0 Å². The van der Waals surface area contributed by atoms with Gasteiger partial charge in [0.1, 0.15) is 5.69 Å². The van der Waals surface area contributed by atoms with Gasteiger partial charge in [-0.25, -0.2) is 13.8 Å². The molecule has 0 bridgehead atoms. The van der Waals surface area contributed by atoms with E-state index in [2.05, 4.69) is 4.98 Å². The number of nitrogens with zero attached hydrogens (tertiary/aromatic N) is 1. The monoisotopic (exact) mass is 256 g/mol. The number of halogens is 5. The molecule has 96 valence electrons. The fourth-order valence-electron chi connectivity index (χ4n) is 1.33. The maximum atomic E-state index is 12.5. The van der Waals surface area contributed by atoms with Crippen molar-refractivity contribution in [2.75, 3.05) is 0 Å². The lowest BCUT2D eigenvalue weighted by atomic mass is 10.1. The Labute approximate surface area is 93.1 Å². The molecular formula is C9H9F5N2O. The minimum absolute atomic E-state index is 0.455. The van der Waals surface area contributed by atoms with Crippen LogP contribution in [0.25, 0.3) is 0 Å². The summed E-state index contributed by atoms with van der Waals surface area (Å²) in [5.74, 6) is 0. The number of nitrogens with two attached hydrogens (primary N) is 1. The fraction of sp³-hybridized carbons (Fsp3) is 0.444. The number of aromatic nitrogens is 1. The zero-order valence-electron chi connectivity index (χ0n) is 8.43. The minimum atomic E-state index is -4.74. The molecule has 17 heavy (non-hydrogen) atoms. The van der Waals surface area contributed by atoms with Gasteiger partial charge < -0.3 is 10.8 Å². The van der Waals surface area contributed by atoms with Crippen molar-refractivity contribution in [2.45, 2.75) is 25.8 Å². The van der Waals surface area contributed by atoms with Crippen LogP contribution in [0, 0.1) is 0 Å². The summed E-state index contributed by atoms with van der Waals surface area (Å²) in [4.78, 5) is 3.17. The number of hydrogen-bond acceptors (Lipinski definition) is 3. The van der Waals surface area contributed by atoms with Crippen molar-refractivity contribution in [1.29, 1.82) is 0 Å². The van der Waals surface area contributed by atoms with E-state index >= 15 is 0 Å². The summed E-state index contributed by atoms with van der Waals surface area (Å²) in [6.07, 6.45) is -7.81. The zero-order chi connectivity index (χ0) is 13.2. The van der Waals surface area contributed by atoms with E-state index in [1.807, 2.05) is 0 Å². The molecule has 1 aromatic heterocycles. The smallest absolute Gasteiger partial charge is 0.392 e. The van der Waals surface area contributed by atoms with Crippen LogP contribution in [0.5, 0.6) is 0 Å². The highest BCUT2D eigenvalue weighted by atomic mass is 19.4. The Morgan fingerprint density at radius 3 is 2.29 bits per heavy atom. The first-order valence-electron chi connectivity index (χ1n) is 4.50. The molecular weight excluding hydrogens is 247 g/mol. The lowest BCUT2D eigenvalue weighted by Gasteiger charge is -2.15. The molecule has 1 aromatic rings. The van der Waals surface area contributed by atoms with Crippen LogP contribution in [0.15, 0.2) is 6.07 Å². The summed E-state index contributed by atoms with van der Waals surface area (Å²) in [6, 6.07) is 0.455. The van der Waals surface area contributed by atoms with Crippen molar-refractivity contribution >= 4 is 0 Å². The van der Waals surface area contributed by atoms with Crippen LogP contribution < -0.4 is 5.73 Å². The van der Waals surface area contributed by atoms with Crippen LogP contribution in [0.3, 0.4) is 0 Å². The molecule has 0 aliphatic carbocycles. The second-order valence-electron chi connectivity index (χ2n) is 3.19. The number of alkyl halides is 5. The molecule has 0 fully saturated rings.